The zero-order valence-corrected chi connectivity index (χ0v) is 8.53. The Kier molecular flexibility index (Phi) is 4.22. The van der Waals surface area contributed by atoms with Gasteiger partial charge in [0.05, 0.1) is 7.11 Å². The Bertz CT molecular complexity index is 349. The number of nitrogens with one attached hydrogen (secondary N) is 1. The summed E-state index contributed by atoms with van der Waals surface area (Å²) in [5.41, 5.74) is 0.628. The Labute approximate surface area is 88.5 Å². The highest BCUT2D eigenvalue weighted by Crippen LogP contribution is 2.17. The third-order valence-corrected chi connectivity index (χ3v) is 1.63. The molecule has 1 rings (SSSR count). The average molecular weight is 207 g/mol. The van der Waals surface area contributed by atoms with Crippen molar-refractivity contribution < 1.29 is 14.3 Å². The Morgan fingerprint density at radius 1 is 1.60 bits per heavy atom. The quantitative estimate of drug-likeness (QED) is 0.771. The van der Waals surface area contributed by atoms with Gasteiger partial charge in [-0.05, 0) is 12.1 Å². The number of ether oxygens (including phenoxy) is 2. The Morgan fingerprint density at radius 3 is 3.07 bits per heavy atom. The van der Waals surface area contributed by atoms with Crippen molar-refractivity contribution in [3.8, 4) is 5.75 Å². The molecule has 1 N–H and O–H groups in total. The van der Waals surface area contributed by atoms with Gasteiger partial charge in [-0.15, -0.1) is 0 Å². The van der Waals surface area contributed by atoms with E-state index in [9.17, 15) is 4.79 Å². The van der Waals surface area contributed by atoms with Crippen LogP contribution in [0.15, 0.2) is 36.9 Å². The normalized spacial score (nSPS) is 9.13. The molecule has 1 amide bonds. The predicted molar refractivity (Wildman–Crippen MR) is 58.2 cm³/mol. The molecule has 0 heterocycles. The second-order valence-electron chi connectivity index (χ2n) is 2.74. The first-order chi connectivity index (χ1) is 7.26. The second kappa shape index (κ2) is 5.70. The summed E-state index contributed by atoms with van der Waals surface area (Å²) in [6.07, 6.45) is 1.15. The highest BCUT2D eigenvalue weighted by molar-refractivity contribution is 5.84. The maximum Gasteiger partial charge on any atom is 0.411 e. The summed E-state index contributed by atoms with van der Waals surface area (Å²) in [5.74, 6) is 0.670. The molecule has 0 aliphatic rings. The molecule has 0 atom stereocenters. The van der Waals surface area contributed by atoms with Crippen LogP contribution in [0.3, 0.4) is 0 Å². The number of carbonyl (C=O) groups is 1. The van der Waals surface area contributed by atoms with Crippen LogP contribution in [0.1, 0.15) is 0 Å². The van der Waals surface area contributed by atoms with Crippen LogP contribution in [-0.2, 0) is 4.74 Å². The number of rotatable bonds is 4. The fourth-order valence-corrected chi connectivity index (χ4v) is 0.988. The molecule has 0 saturated heterocycles. The third-order valence-electron chi connectivity index (χ3n) is 1.63. The zero-order valence-electron chi connectivity index (χ0n) is 8.53. The number of hydrogen-bond acceptors (Lipinski definition) is 3. The lowest BCUT2D eigenvalue weighted by Gasteiger charge is -2.06. The zero-order chi connectivity index (χ0) is 11.1. The van der Waals surface area contributed by atoms with Crippen LogP contribution in [0, 0.1) is 0 Å². The van der Waals surface area contributed by atoms with E-state index in [1.807, 2.05) is 0 Å². The van der Waals surface area contributed by atoms with Crippen molar-refractivity contribution in [1.82, 2.24) is 0 Å². The van der Waals surface area contributed by atoms with Crippen molar-refractivity contribution in [2.45, 2.75) is 0 Å². The van der Waals surface area contributed by atoms with Crippen LogP contribution in [0.5, 0.6) is 5.75 Å². The highest BCUT2D eigenvalue weighted by atomic mass is 16.5. The summed E-state index contributed by atoms with van der Waals surface area (Å²) in [5, 5.41) is 2.54. The van der Waals surface area contributed by atoms with Gasteiger partial charge in [0, 0.05) is 11.8 Å². The first-order valence-electron chi connectivity index (χ1n) is 4.45. The van der Waals surface area contributed by atoms with Crippen LogP contribution in [0.4, 0.5) is 10.5 Å². The van der Waals surface area contributed by atoms with Gasteiger partial charge in [-0.25, -0.2) is 4.79 Å². The summed E-state index contributed by atoms with van der Waals surface area (Å²) in [6, 6.07) is 7.04. The smallest absolute Gasteiger partial charge is 0.411 e. The maximum absolute atomic E-state index is 10.9. The van der Waals surface area contributed by atoms with Gasteiger partial charge in [0.25, 0.3) is 0 Å². The second-order valence-corrected chi connectivity index (χ2v) is 2.74. The summed E-state index contributed by atoms with van der Waals surface area (Å²) in [7, 11) is 1.31. The van der Waals surface area contributed by atoms with Gasteiger partial charge in [-0.1, -0.05) is 18.7 Å². The lowest BCUT2D eigenvalue weighted by Crippen LogP contribution is -2.10. The Hall–Kier alpha value is -1.97. The van der Waals surface area contributed by atoms with Crippen molar-refractivity contribution in [2.75, 3.05) is 19.0 Å². The molecule has 0 aromatic heterocycles. The van der Waals surface area contributed by atoms with Crippen LogP contribution in [0.25, 0.3) is 0 Å². The summed E-state index contributed by atoms with van der Waals surface area (Å²) in [4.78, 5) is 10.9. The third kappa shape index (κ3) is 3.72. The highest BCUT2D eigenvalue weighted by Gasteiger charge is 2.01. The van der Waals surface area contributed by atoms with Crippen molar-refractivity contribution in [1.29, 1.82) is 0 Å². The van der Waals surface area contributed by atoms with E-state index < -0.39 is 6.09 Å². The van der Waals surface area contributed by atoms with Gasteiger partial charge >= 0.3 is 6.09 Å². The molecule has 0 saturated carbocycles. The summed E-state index contributed by atoms with van der Waals surface area (Å²) < 4.78 is 9.77. The van der Waals surface area contributed by atoms with Gasteiger partial charge in [0.15, 0.2) is 0 Å². The topological polar surface area (TPSA) is 47.6 Å². The first-order valence-corrected chi connectivity index (χ1v) is 4.45. The minimum atomic E-state index is -0.504. The molecular formula is C11H13NO3. The van der Waals surface area contributed by atoms with Crippen LogP contribution in [0.2, 0.25) is 0 Å². The molecule has 1 aromatic rings. The van der Waals surface area contributed by atoms with E-state index in [1.54, 1.807) is 30.3 Å². The van der Waals surface area contributed by atoms with Gasteiger partial charge in [0.1, 0.15) is 12.4 Å². The SMILES string of the molecule is C=CCOc1cccc(NC(=O)OC)c1. The van der Waals surface area contributed by atoms with Gasteiger partial charge < -0.3 is 9.47 Å². The molecule has 0 unspecified atom stereocenters. The van der Waals surface area contributed by atoms with Crippen molar-refractivity contribution in [3.05, 3.63) is 36.9 Å². The summed E-state index contributed by atoms with van der Waals surface area (Å²) >= 11 is 0. The van der Waals surface area contributed by atoms with Crippen molar-refractivity contribution >= 4 is 11.8 Å². The standard InChI is InChI=1S/C11H13NO3/c1-3-7-15-10-6-4-5-9(8-10)12-11(13)14-2/h3-6,8H,1,7H2,2H3,(H,12,13). The van der Waals surface area contributed by atoms with Crippen LogP contribution >= 0.6 is 0 Å². The molecule has 0 radical (unpaired) electrons. The molecule has 4 heteroatoms. The predicted octanol–water partition coefficient (Wildman–Crippen LogP) is 2.43. The van der Waals surface area contributed by atoms with Gasteiger partial charge in [-0.2, -0.15) is 0 Å². The molecule has 0 aliphatic heterocycles. The molecular weight excluding hydrogens is 194 g/mol. The maximum atomic E-state index is 10.9. The molecule has 0 fully saturated rings. The molecule has 1 aromatic carbocycles. The lowest BCUT2D eigenvalue weighted by atomic mass is 10.3. The molecule has 15 heavy (non-hydrogen) atoms. The number of hydrogen-bond donors (Lipinski definition) is 1. The fraction of sp³-hybridized carbons (Fsp3) is 0.182. The molecule has 4 nitrogen and oxygen atoms in total. The van der Waals surface area contributed by atoms with E-state index in [0.29, 0.717) is 18.0 Å². The number of methoxy groups -OCH3 is 1. The van der Waals surface area contributed by atoms with E-state index in [-0.39, 0.29) is 0 Å². The number of anilines is 1. The van der Waals surface area contributed by atoms with Crippen molar-refractivity contribution in [3.63, 3.8) is 0 Å². The average Bonchev–Trinajstić information content (AvgIpc) is 2.26. The number of benzene rings is 1. The minimum Gasteiger partial charge on any atom is -0.489 e. The minimum absolute atomic E-state index is 0.432. The van der Waals surface area contributed by atoms with E-state index >= 15 is 0 Å². The van der Waals surface area contributed by atoms with E-state index in [4.69, 9.17) is 4.74 Å². The summed E-state index contributed by atoms with van der Waals surface area (Å²) in [6.45, 7) is 3.98. The Morgan fingerprint density at radius 2 is 2.40 bits per heavy atom. The molecule has 80 valence electrons. The fourth-order valence-electron chi connectivity index (χ4n) is 0.988. The largest absolute Gasteiger partial charge is 0.489 e. The van der Waals surface area contributed by atoms with Gasteiger partial charge in [0.2, 0.25) is 0 Å². The molecule has 0 spiro atoms. The van der Waals surface area contributed by atoms with E-state index in [2.05, 4.69) is 16.6 Å². The van der Waals surface area contributed by atoms with Crippen molar-refractivity contribution in [2.24, 2.45) is 0 Å². The van der Waals surface area contributed by atoms with E-state index in [0.717, 1.165) is 0 Å². The van der Waals surface area contributed by atoms with Gasteiger partial charge in [-0.3, -0.25) is 5.32 Å². The Balaban J connectivity index is 2.65. The van der Waals surface area contributed by atoms with Crippen LogP contribution < -0.4 is 10.1 Å². The van der Waals surface area contributed by atoms with E-state index in [1.165, 1.54) is 7.11 Å². The first kappa shape index (κ1) is 11.1. The number of carbonyl (C=O) groups excluding carboxylic acids is 1. The molecule has 0 aliphatic carbocycles. The lowest BCUT2D eigenvalue weighted by molar-refractivity contribution is 0.187. The molecule has 0 bridgehead atoms. The monoisotopic (exact) mass is 207 g/mol. The number of amides is 1. The van der Waals surface area contributed by atoms with Crippen LogP contribution in [-0.4, -0.2) is 19.8 Å².